The van der Waals surface area contributed by atoms with Gasteiger partial charge in [0, 0.05) is 31.4 Å². The smallest absolute Gasteiger partial charge is 0.323 e. The van der Waals surface area contributed by atoms with Crippen LogP contribution in [0.25, 0.3) is 0 Å². The minimum atomic E-state index is -0.761. The summed E-state index contributed by atoms with van der Waals surface area (Å²) in [7, 11) is 0. The van der Waals surface area contributed by atoms with Crippen molar-refractivity contribution in [3.05, 3.63) is 18.2 Å². The number of nitrogens with two attached hydrogens (primary N) is 1. The Labute approximate surface area is 308 Å². The number of aromatic nitrogens is 2. The van der Waals surface area contributed by atoms with Gasteiger partial charge in [-0.05, 0) is 12.8 Å². The molecule has 1 aromatic rings. The third-order valence-corrected chi connectivity index (χ3v) is 9.91. The fourth-order valence-corrected chi connectivity index (χ4v) is 6.63. The van der Waals surface area contributed by atoms with Crippen molar-refractivity contribution >= 4 is 11.9 Å². The molecule has 0 aliphatic carbocycles. The highest BCUT2D eigenvalue weighted by molar-refractivity contribution is 5.77. The quantitative estimate of drug-likeness (QED) is 0.0524. The zero-order chi connectivity index (χ0) is 36.2. The number of amides is 1. The molecule has 0 aliphatic rings. The van der Waals surface area contributed by atoms with E-state index < -0.39 is 12.0 Å². The molecule has 1 unspecified atom stereocenters. The van der Waals surface area contributed by atoms with Gasteiger partial charge in [-0.3, -0.25) is 9.59 Å². The van der Waals surface area contributed by atoms with Crippen LogP contribution in [0.4, 0.5) is 0 Å². The van der Waals surface area contributed by atoms with Crippen LogP contribution >= 0.6 is 0 Å². The number of carbonyl (C=O) groups excluding carboxylic acids is 2. The first kappa shape index (κ1) is 46.1. The van der Waals surface area contributed by atoms with E-state index in [-0.39, 0.29) is 25.7 Å². The van der Waals surface area contributed by atoms with Crippen LogP contribution in [0.1, 0.15) is 199 Å². The number of nitrogens with zero attached hydrogens (tertiary/aromatic N) is 2. The molecular formula is C42H80N4O4. The molecule has 50 heavy (non-hydrogen) atoms. The summed E-state index contributed by atoms with van der Waals surface area (Å²) in [5.41, 5.74) is 6.73. The van der Waals surface area contributed by atoms with E-state index >= 15 is 0 Å². The summed E-state index contributed by atoms with van der Waals surface area (Å²) in [5.74, 6) is -0.441. The summed E-state index contributed by atoms with van der Waals surface area (Å²) in [6.45, 7) is 6.45. The summed E-state index contributed by atoms with van der Waals surface area (Å²) < 4.78 is 10.9. The SMILES string of the molecule is CCCCCCCCCCCCCCCCN(CCCCCCCCCCCCCCCC)C(=O)COCCOC(=O)C(N)Cc1cnc[nH]1. The number of esters is 1. The second-order valence-electron chi connectivity index (χ2n) is 14.7. The van der Waals surface area contributed by atoms with Crippen molar-refractivity contribution in [3.63, 3.8) is 0 Å². The first-order valence-corrected chi connectivity index (χ1v) is 21.3. The van der Waals surface area contributed by atoms with Crippen LogP contribution in [0.5, 0.6) is 0 Å². The third kappa shape index (κ3) is 28.7. The number of aromatic amines is 1. The van der Waals surface area contributed by atoms with Crippen molar-refractivity contribution in [2.24, 2.45) is 5.73 Å². The van der Waals surface area contributed by atoms with E-state index in [0.29, 0.717) is 6.42 Å². The van der Waals surface area contributed by atoms with E-state index in [9.17, 15) is 9.59 Å². The number of unbranched alkanes of at least 4 members (excludes halogenated alkanes) is 26. The molecule has 8 heteroatoms. The molecule has 1 heterocycles. The van der Waals surface area contributed by atoms with Crippen molar-refractivity contribution in [1.82, 2.24) is 14.9 Å². The Hall–Kier alpha value is -1.93. The Kier molecular flexibility index (Phi) is 32.7. The van der Waals surface area contributed by atoms with Crippen LogP contribution in [-0.2, 0) is 25.5 Å². The molecule has 0 bridgehead atoms. The molecular weight excluding hydrogens is 624 g/mol. The number of carbonyl (C=O) groups is 2. The lowest BCUT2D eigenvalue weighted by molar-refractivity contribution is -0.147. The highest BCUT2D eigenvalue weighted by atomic mass is 16.6. The van der Waals surface area contributed by atoms with Gasteiger partial charge in [-0.15, -0.1) is 0 Å². The topological polar surface area (TPSA) is 111 Å². The fraction of sp³-hybridized carbons (Fsp3) is 0.881. The molecule has 292 valence electrons. The highest BCUT2D eigenvalue weighted by Gasteiger charge is 2.17. The standard InChI is InChI=1S/C42H80N4O4/c1-3-5-7-9-11-13-15-17-19-21-23-25-27-29-31-46(32-30-28-26-24-22-20-18-16-14-12-10-8-6-4-2)41(47)37-49-33-34-50-42(48)40(43)35-39-36-44-38-45-39/h36,38,40H,3-35,37,43H2,1-2H3,(H,44,45). The predicted molar refractivity (Wildman–Crippen MR) is 209 cm³/mol. The zero-order valence-electron chi connectivity index (χ0n) is 32.9. The molecule has 0 aromatic carbocycles. The highest BCUT2D eigenvalue weighted by Crippen LogP contribution is 2.15. The maximum atomic E-state index is 13.1. The zero-order valence-corrected chi connectivity index (χ0v) is 32.9. The van der Waals surface area contributed by atoms with Crippen LogP contribution in [0.3, 0.4) is 0 Å². The molecule has 0 fully saturated rings. The van der Waals surface area contributed by atoms with Gasteiger partial charge in [0.15, 0.2) is 0 Å². The number of rotatable bonds is 38. The number of nitrogens with one attached hydrogen (secondary N) is 1. The van der Waals surface area contributed by atoms with E-state index in [4.69, 9.17) is 15.2 Å². The summed E-state index contributed by atoms with van der Waals surface area (Å²) in [4.78, 5) is 34.2. The number of ether oxygens (including phenoxy) is 2. The molecule has 1 amide bonds. The summed E-state index contributed by atoms with van der Waals surface area (Å²) in [6.07, 6.45) is 40.8. The molecule has 0 radical (unpaired) electrons. The Morgan fingerprint density at radius 3 is 1.42 bits per heavy atom. The second kappa shape index (κ2) is 35.5. The van der Waals surface area contributed by atoms with Gasteiger partial charge in [-0.25, -0.2) is 4.98 Å². The Morgan fingerprint density at radius 2 is 1.04 bits per heavy atom. The van der Waals surface area contributed by atoms with Gasteiger partial charge in [-0.2, -0.15) is 0 Å². The molecule has 1 rings (SSSR count). The number of hydrogen-bond donors (Lipinski definition) is 2. The van der Waals surface area contributed by atoms with Crippen molar-refractivity contribution in [2.45, 2.75) is 206 Å². The average Bonchev–Trinajstić information content (AvgIpc) is 3.63. The normalized spacial score (nSPS) is 12.0. The maximum absolute atomic E-state index is 13.1. The van der Waals surface area contributed by atoms with Gasteiger partial charge in [-0.1, -0.05) is 181 Å². The summed E-state index contributed by atoms with van der Waals surface area (Å²) >= 11 is 0. The molecule has 8 nitrogen and oxygen atoms in total. The van der Waals surface area contributed by atoms with Gasteiger partial charge in [0.2, 0.25) is 5.91 Å². The number of hydrogen-bond acceptors (Lipinski definition) is 6. The van der Waals surface area contributed by atoms with Crippen molar-refractivity contribution in [1.29, 1.82) is 0 Å². The van der Waals surface area contributed by atoms with Crippen LogP contribution in [0.2, 0.25) is 0 Å². The Balaban J connectivity index is 2.22. The second-order valence-corrected chi connectivity index (χ2v) is 14.7. The summed E-state index contributed by atoms with van der Waals surface area (Å²) in [6, 6.07) is -0.761. The van der Waals surface area contributed by atoms with Gasteiger partial charge in [0.25, 0.3) is 0 Å². The molecule has 0 spiro atoms. The molecule has 3 N–H and O–H groups in total. The van der Waals surface area contributed by atoms with Crippen LogP contribution < -0.4 is 5.73 Å². The monoisotopic (exact) mass is 705 g/mol. The minimum Gasteiger partial charge on any atom is -0.462 e. The lowest BCUT2D eigenvalue weighted by Gasteiger charge is -2.23. The van der Waals surface area contributed by atoms with E-state index in [1.54, 1.807) is 12.5 Å². The van der Waals surface area contributed by atoms with Crippen LogP contribution in [0.15, 0.2) is 12.5 Å². The molecule has 0 aliphatic heterocycles. The first-order chi connectivity index (χ1) is 24.6. The summed E-state index contributed by atoms with van der Waals surface area (Å²) in [5, 5.41) is 0. The predicted octanol–water partition coefficient (Wildman–Crippen LogP) is 10.6. The number of H-pyrrole nitrogens is 1. The first-order valence-electron chi connectivity index (χ1n) is 21.3. The van der Waals surface area contributed by atoms with Crippen LogP contribution in [0, 0.1) is 0 Å². The molecule has 1 aromatic heterocycles. The largest absolute Gasteiger partial charge is 0.462 e. The van der Waals surface area contributed by atoms with E-state index in [0.717, 1.165) is 31.6 Å². The lowest BCUT2D eigenvalue weighted by atomic mass is 10.0. The average molecular weight is 705 g/mol. The van der Waals surface area contributed by atoms with E-state index in [1.165, 1.54) is 167 Å². The Morgan fingerprint density at radius 1 is 0.640 bits per heavy atom. The van der Waals surface area contributed by atoms with Crippen molar-refractivity contribution < 1.29 is 19.1 Å². The van der Waals surface area contributed by atoms with Gasteiger partial charge in [0.1, 0.15) is 19.3 Å². The molecule has 1 atom stereocenters. The van der Waals surface area contributed by atoms with E-state index in [2.05, 4.69) is 23.8 Å². The van der Waals surface area contributed by atoms with Crippen molar-refractivity contribution in [3.8, 4) is 0 Å². The minimum absolute atomic E-state index is 0.0228. The molecule has 0 saturated heterocycles. The maximum Gasteiger partial charge on any atom is 0.323 e. The van der Waals surface area contributed by atoms with E-state index in [1.807, 2.05) is 4.90 Å². The number of imidazole rings is 1. The Bertz CT molecular complexity index is 834. The van der Waals surface area contributed by atoms with Crippen LogP contribution in [-0.4, -0.2) is 65.7 Å². The van der Waals surface area contributed by atoms with Crippen molar-refractivity contribution in [2.75, 3.05) is 32.9 Å². The van der Waals surface area contributed by atoms with Gasteiger partial charge < -0.3 is 25.1 Å². The van der Waals surface area contributed by atoms with Gasteiger partial charge in [0.05, 0.1) is 12.9 Å². The third-order valence-electron chi connectivity index (χ3n) is 9.91. The van der Waals surface area contributed by atoms with Gasteiger partial charge >= 0.3 is 5.97 Å². The fourth-order valence-electron chi connectivity index (χ4n) is 6.63. The lowest BCUT2D eigenvalue weighted by Crippen LogP contribution is -2.37. The molecule has 0 saturated carbocycles.